The van der Waals surface area contributed by atoms with Gasteiger partial charge in [0.25, 0.3) is 5.91 Å². The van der Waals surface area contributed by atoms with Gasteiger partial charge in [-0.1, -0.05) is 0 Å². The van der Waals surface area contributed by atoms with Crippen LogP contribution in [0.5, 0.6) is 11.5 Å². The number of hydrogen-bond donors (Lipinski definition) is 2. The van der Waals surface area contributed by atoms with Crippen LogP contribution in [0.3, 0.4) is 0 Å². The summed E-state index contributed by atoms with van der Waals surface area (Å²) in [4.78, 5) is 36.3. The van der Waals surface area contributed by atoms with Crippen LogP contribution in [-0.4, -0.2) is 22.1 Å². The van der Waals surface area contributed by atoms with Crippen molar-refractivity contribution < 1.29 is 27.8 Å². The molecule has 2 aromatic heterocycles. The van der Waals surface area contributed by atoms with Crippen LogP contribution in [0.25, 0.3) is 11.0 Å². The molecule has 0 aliphatic carbocycles. The largest absolute Gasteiger partial charge is 0.503 e. The van der Waals surface area contributed by atoms with Gasteiger partial charge < -0.3 is 24.1 Å². The Balaban J connectivity index is 1.44. The van der Waals surface area contributed by atoms with E-state index in [0.29, 0.717) is 11.1 Å². The maximum Gasteiger partial charge on any atom is 0.349 e. The topological polar surface area (TPSA) is 111 Å². The summed E-state index contributed by atoms with van der Waals surface area (Å²) in [7, 11) is 0. The van der Waals surface area contributed by atoms with Crippen LogP contribution in [0.1, 0.15) is 21.6 Å². The molecule has 2 heterocycles. The lowest BCUT2D eigenvalue weighted by Crippen LogP contribution is -2.31. The Hall–Kier alpha value is -4.47. The molecule has 1 amide bonds. The van der Waals surface area contributed by atoms with Crippen molar-refractivity contribution in [3.05, 3.63) is 104 Å². The molecular formula is C25H20F2N2O6. The van der Waals surface area contributed by atoms with Gasteiger partial charge in [0.2, 0.25) is 5.43 Å². The third-order valence-corrected chi connectivity index (χ3v) is 5.41. The van der Waals surface area contributed by atoms with E-state index >= 15 is 0 Å². The van der Waals surface area contributed by atoms with Gasteiger partial charge >= 0.3 is 5.63 Å². The predicted octanol–water partition coefficient (Wildman–Crippen LogP) is 3.26. The van der Waals surface area contributed by atoms with Crippen LogP contribution in [-0.2, 0) is 13.2 Å². The minimum absolute atomic E-state index is 0.0334. The molecule has 0 fully saturated rings. The Kier molecular flexibility index (Phi) is 6.63. The minimum atomic E-state index is -0.861. The third kappa shape index (κ3) is 5.21. The number of carbonyl (C=O) groups is 1. The number of hydrogen-bond acceptors (Lipinski definition) is 6. The lowest BCUT2D eigenvalue weighted by atomic mass is 10.1. The molecule has 0 atom stereocenters. The minimum Gasteiger partial charge on any atom is -0.503 e. The standard InChI is InChI=1S/C25H20F2N2O6/c1-14-23(31)21(30)6-8-29(14)9-7-28-24(32)19-11-15-2-4-18(12-22(15)35-25(19)33)34-13-16-10-17(26)3-5-20(16)27/h2-6,8,10-12,31H,7,9,13H2,1H3,(H,28,32). The van der Waals surface area contributed by atoms with Crippen LogP contribution in [0.2, 0.25) is 0 Å². The number of aromatic hydroxyl groups is 1. The lowest BCUT2D eigenvalue weighted by Gasteiger charge is -2.12. The van der Waals surface area contributed by atoms with Gasteiger partial charge in [0.1, 0.15) is 35.1 Å². The zero-order valence-corrected chi connectivity index (χ0v) is 18.5. The van der Waals surface area contributed by atoms with Crippen LogP contribution >= 0.6 is 0 Å². The molecule has 4 aromatic rings. The number of ether oxygens (including phenoxy) is 1. The van der Waals surface area contributed by atoms with E-state index in [1.54, 1.807) is 23.6 Å². The van der Waals surface area contributed by atoms with E-state index in [9.17, 15) is 28.3 Å². The Morgan fingerprint density at radius 3 is 2.71 bits per heavy atom. The average molecular weight is 482 g/mol. The second-order valence-electron chi connectivity index (χ2n) is 7.73. The summed E-state index contributed by atoms with van der Waals surface area (Å²) in [5, 5.41) is 12.8. The zero-order chi connectivity index (χ0) is 25.1. The van der Waals surface area contributed by atoms with E-state index in [-0.39, 0.29) is 47.9 Å². The molecule has 35 heavy (non-hydrogen) atoms. The SMILES string of the molecule is Cc1c(O)c(=O)ccn1CCNC(=O)c1cc2ccc(OCc3cc(F)ccc3F)cc2oc1=O. The number of carbonyl (C=O) groups excluding carboxylic acids is 1. The highest BCUT2D eigenvalue weighted by atomic mass is 19.1. The predicted molar refractivity (Wildman–Crippen MR) is 123 cm³/mol. The molecule has 0 aliphatic rings. The Morgan fingerprint density at radius 1 is 1.11 bits per heavy atom. The highest BCUT2D eigenvalue weighted by Gasteiger charge is 2.15. The second-order valence-corrected chi connectivity index (χ2v) is 7.73. The Bertz CT molecular complexity index is 1540. The number of benzene rings is 2. The van der Waals surface area contributed by atoms with Gasteiger partial charge in [-0.2, -0.15) is 0 Å². The van der Waals surface area contributed by atoms with Crippen molar-refractivity contribution >= 4 is 16.9 Å². The van der Waals surface area contributed by atoms with Crippen molar-refractivity contribution in [1.82, 2.24) is 9.88 Å². The molecule has 180 valence electrons. The van der Waals surface area contributed by atoms with E-state index in [1.165, 1.54) is 24.4 Å². The second kappa shape index (κ2) is 9.80. The molecule has 0 unspecified atom stereocenters. The van der Waals surface area contributed by atoms with Crippen molar-refractivity contribution in [1.29, 1.82) is 0 Å². The van der Waals surface area contributed by atoms with Gasteiger partial charge in [0, 0.05) is 42.4 Å². The molecule has 0 aliphatic heterocycles. The number of rotatable bonds is 7. The zero-order valence-electron chi connectivity index (χ0n) is 18.5. The van der Waals surface area contributed by atoms with Crippen LogP contribution in [0.4, 0.5) is 8.78 Å². The summed E-state index contributed by atoms with van der Waals surface area (Å²) in [6, 6.07) is 10.2. The molecule has 0 bridgehead atoms. The molecule has 8 nitrogen and oxygen atoms in total. The maximum absolute atomic E-state index is 13.8. The van der Waals surface area contributed by atoms with Crippen molar-refractivity contribution in [3.8, 4) is 11.5 Å². The molecule has 0 spiro atoms. The summed E-state index contributed by atoms with van der Waals surface area (Å²) in [6.45, 7) is 1.73. The van der Waals surface area contributed by atoms with E-state index < -0.39 is 28.6 Å². The van der Waals surface area contributed by atoms with E-state index in [4.69, 9.17) is 9.15 Å². The summed E-state index contributed by atoms with van der Waals surface area (Å²) in [5.74, 6) is -1.94. The fourth-order valence-electron chi connectivity index (χ4n) is 3.44. The lowest BCUT2D eigenvalue weighted by molar-refractivity contribution is 0.0948. The van der Waals surface area contributed by atoms with Crippen molar-refractivity contribution in [2.24, 2.45) is 0 Å². The molecule has 0 radical (unpaired) electrons. The monoisotopic (exact) mass is 482 g/mol. The van der Waals surface area contributed by atoms with E-state index in [0.717, 1.165) is 18.2 Å². The van der Waals surface area contributed by atoms with Gasteiger partial charge in [-0.3, -0.25) is 9.59 Å². The van der Waals surface area contributed by atoms with E-state index in [1.807, 2.05) is 0 Å². The van der Waals surface area contributed by atoms with Crippen LogP contribution in [0.15, 0.2) is 68.7 Å². The van der Waals surface area contributed by atoms with Gasteiger partial charge in [-0.05, 0) is 43.3 Å². The summed E-state index contributed by atoms with van der Waals surface area (Å²) < 4.78 is 39.4. The highest BCUT2D eigenvalue weighted by Crippen LogP contribution is 2.22. The van der Waals surface area contributed by atoms with Crippen molar-refractivity contribution in [2.45, 2.75) is 20.1 Å². The third-order valence-electron chi connectivity index (χ3n) is 5.41. The molecule has 2 N–H and O–H groups in total. The van der Waals surface area contributed by atoms with Crippen molar-refractivity contribution in [2.75, 3.05) is 6.54 Å². The number of nitrogens with one attached hydrogen (secondary N) is 1. The van der Waals surface area contributed by atoms with Crippen LogP contribution < -0.4 is 21.1 Å². The number of pyridine rings is 1. The Morgan fingerprint density at radius 2 is 1.91 bits per heavy atom. The fraction of sp³-hybridized carbons (Fsp3) is 0.160. The highest BCUT2D eigenvalue weighted by molar-refractivity contribution is 5.96. The fourth-order valence-corrected chi connectivity index (χ4v) is 3.44. The smallest absolute Gasteiger partial charge is 0.349 e. The van der Waals surface area contributed by atoms with Gasteiger partial charge in [0.05, 0.1) is 5.69 Å². The van der Waals surface area contributed by atoms with Gasteiger partial charge in [-0.25, -0.2) is 13.6 Å². The summed E-state index contributed by atoms with van der Waals surface area (Å²) in [6.07, 6.45) is 1.50. The number of amides is 1. The normalized spacial score (nSPS) is 10.9. The van der Waals surface area contributed by atoms with Gasteiger partial charge in [0.15, 0.2) is 5.75 Å². The molecule has 0 saturated heterocycles. The number of aromatic nitrogens is 1. The molecule has 4 rings (SSSR count). The maximum atomic E-state index is 13.8. The molecule has 0 saturated carbocycles. The number of nitrogens with zero attached hydrogens (tertiary/aromatic N) is 1. The first-order valence-corrected chi connectivity index (χ1v) is 10.5. The number of fused-ring (bicyclic) bond motifs is 1. The first-order chi connectivity index (χ1) is 16.7. The summed E-state index contributed by atoms with van der Waals surface area (Å²) >= 11 is 0. The van der Waals surface area contributed by atoms with Crippen molar-refractivity contribution in [3.63, 3.8) is 0 Å². The first-order valence-electron chi connectivity index (χ1n) is 10.5. The quantitative estimate of drug-likeness (QED) is 0.391. The van der Waals surface area contributed by atoms with Gasteiger partial charge in [-0.15, -0.1) is 0 Å². The Labute approximate surface area is 197 Å². The number of halogens is 2. The molecular weight excluding hydrogens is 462 g/mol. The molecule has 10 heteroatoms. The molecule has 2 aromatic carbocycles. The summed E-state index contributed by atoms with van der Waals surface area (Å²) in [5.41, 5.74) is -1.01. The average Bonchev–Trinajstić information content (AvgIpc) is 2.84. The first kappa shape index (κ1) is 23.7. The van der Waals surface area contributed by atoms with E-state index in [2.05, 4.69) is 5.32 Å². The van der Waals surface area contributed by atoms with Crippen LogP contribution in [0, 0.1) is 18.6 Å².